The summed E-state index contributed by atoms with van der Waals surface area (Å²) in [5.74, 6) is 1.63. The van der Waals surface area contributed by atoms with E-state index in [-0.39, 0.29) is 5.41 Å². The van der Waals surface area contributed by atoms with E-state index >= 15 is 0 Å². The second-order valence-electron chi connectivity index (χ2n) is 6.32. The van der Waals surface area contributed by atoms with Crippen LogP contribution in [0.3, 0.4) is 0 Å². The Labute approximate surface area is 131 Å². The number of hydrogen-bond donors (Lipinski definition) is 1. The average molecular weight is 304 g/mol. The Morgan fingerprint density at radius 2 is 1.86 bits per heavy atom. The number of aryl methyl sites for hydroxylation is 1. The summed E-state index contributed by atoms with van der Waals surface area (Å²) in [6.07, 6.45) is 1.07. The van der Waals surface area contributed by atoms with Crippen molar-refractivity contribution in [1.29, 1.82) is 0 Å². The summed E-state index contributed by atoms with van der Waals surface area (Å²) in [7, 11) is 0. The van der Waals surface area contributed by atoms with Gasteiger partial charge in [0.1, 0.15) is 11.5 Å². The zero-order valence-corrected chi connectivity index (χ0v) is 14.6. The smallest absolute Gasteiger partial charge is 0.181 e. The Bertz CT molecular complexity index is 626. The van der Waals surface area contributed by atoms with E-state index in [2.05, 4.69) is 49.9 Å². The minimum absolute atomic E-state index is 0.0615. The molecule has 0 saturated heterocycles. The number of aromatic nitrogens is 3. The van der Waals surface area contributed by atoms with E-state index < -0.39 is 0 Å². The third-order valence-corrected chi connectivity index (χ3v) is 4.57. The number of rotatable bonds is 4. The zero-order valence-electron chi connectivity index (χ0n) is 13.7. The lowest BCUT2D eigenvalue weighted by Crippen LogP contribution is -2.10. The van der Waals surface area contributed by atoms with E-state index in [4.69, 9.17) is 4.98 Å². The summed E-state index contributed by atoms with van der Waals surface area (Å²) in [6.45, 7) is 13.7. The molecule has 2 aromatic heterocycles. The number of thiazole rings is 1. The van der Waals surface area contributed by atoms with Crippen LogP contribution >= 0.6 is 11.3 Å². The highest BCUT2D eigenvalue weighted by atomic mass is 32.1. The highest BCUT2D eigenvalue weighted by Gasteiger charge is 2.20. The normalized spacial score (nSPS) is 11.7. The standard InChI is InChI=1S/C16H24N4S/c1-7-8-17-13-10(2)11(3)18-14(20-13)12-9-21-15(19-12)16(4,5)6/h9H,7-8H2,1-6H3,(H,17,18,20). The van der Waals surface area contributed by atoms with Crippen molar-refractivity contribution in [2.24, 2.45) is 0 Å². The Kier molecular flexibility index (Phi) is 4.61. The van der Waals surface area contributed by atoms with Crippen LogP contribution in [0.15, 0.2) is 5.38 Å². The van der Waals surface area contributed by atoms with Crippen LogP contribution in [-0.4, -0.2) is 21.5 Å². The van der Waals surface area contributed by atoms with Crippen LogP contribution in [0.2, 0.25) is 0 Å². The van der Waals surface area contributed by atoms with Gasteiger partial charge in [0.25, 0.3) is 0 Å². The fourth-order valence-electron chi connectivity index (χ4n) is 1.88. The number of hydrogen-bond acceptors (Lipinski definition) is 5. The van der Waals surface area contributed by atoms with Crippen LogP contribution in [0.5, 0.6) is 0 Å². The SMILES string of the molecule is CCCNc1nc(-c2csc(C(C)(C)C)n2)nc(C)c1C. The summed E-state index contributed by atoms with van der Waals surface area (Å²) in [5, 5.41) is 6.54. The first kappa shape index (κ1) is 15.9. The van der Waals surface area contributed by atoms with Crippen molar-refractivity contribution in [3.05, 3.63) is 21.6 Å². The molecule has 0 amide bonds. The van der Waals surface area contributed by atoms with Crippen LogP contribution in [0, 0.1) is 13.8 Å². The Balaban J connectivity index is 2.40. The van der Waals surface area contributed by atoms with E-state index in [1.807, 2.05) is 12.3 Å². The molecule has 114 valence electrons. The van der Waals surface area contributed by atoms with Gasteiger partial charge in [-0.1, -0.05) is 27.7 Å². The van der Waals surface area contributed by atoms with Gasteiger partial charge < -0.3 is 5.32 Å². The molecule has 0 saturated carbocycles. The first-order chi connectivity index (χ1) is 9.82. The lowest BCUT2D eigenvalue weighted by Gasteiger charge is -2.13. The summed E-state index contributed by atoms with van der Waals surface area (Å²) in [5.41, 5.74) is 3.04. The van der Waals surface area contributed by atoms with Crippen LogP contribution in [-0.2, 0) is 5.41 Å². The molecular formula is C16H24N4S. The van der Waals surface area contributed by atoms with Crippen LogP contribution in [0.1, 0.15) is 50.4 Å². The van der Waals surface area contributed by atoms with Gasteiger partial charge in [0, 0.05) is 28.6 Å². The van der Waals surface area contributed by atoms with Gasteiger partial charge in [-0.2, -0.15) is 0 Å². The molecule has 0 atom stereocenters. The van der Waals surface area contributed by atoms with Crippen molar-refractivity contribution in [2.45, 2.75) is 53.4 Å². The summed E-state index contributed by atoms with van der Waals surface area (Å²) in [6, 6.07) is 0. The van der Waals surface area contributed by atoms with Gasteiger partial charge in [0.05, 0.1) is 5.01 Å². The maximum absolute atomic E-state index is 4.71. The van der Waals surface area contributed by atoms with Crippen molar-refractivity contribution < 1.29 is 0 Å². The molecule has 2 rings (SSSR count). The molecule has 5 heteroatoms. The van der Waals surface area contributed by atoms with Crippen LogP contribution in [0.25, 0.3) is 11.5 Å². The van der Waals surface area contributed by atoms with Gasteiger partial charge in [0.2, 0.25) is 0 Å². The van der Waals surface area contributed by atoms with Gasteiger partial charge in [-0.3, -0.25) is 0 Å². The minimum atomic E-state index is 0.0615. The molecule has 0 aromatic carbocycles. The molecule has 2 heterocycles. The topological polar surface area (TPSA) is 50.7 Å². The Morgan fingerprint density at radius 3 is 2.43 bits per heavy atom. The highest BCUT2D eigenvalue weighted by Crippen LogP contribution is 2.29. The maximum atomic E-state index is 4.71. The summed E-state index contributed by atoms with van der Waals surface area (Å²) >= 11 is 1.67. The number of anilines is 1. The van der Waals surface area contributed by atoms with E-state index in [1.165, 1.54) is 0 Å². The average Bonchev–Trinajstić information content (AvgIpc) is 2.90. The Morgan fingerprint density at radius 1 is 1.14 bits per heavy atom. The van der Waals surface area contributed by atoms with Crippen molar-refractivity contribution in [1.82, 2.24) is 15.0 Å². The lowest BCUT2D eigenvalue weighted by molar-refractivity contribution is 0.586. The van der Waals surface area contributed by atoms with Gasteiger partial charge in [0.15, 0.2) is 5.82 Å². The van der Waals surface area contributed by atoms with Crippen molar-refractivity contribution in [3.63, 3.8) is 0 Å². The first-order valence-electron chi connectivity index (χ1n) is 7.38. The Hall–Kier alpha value is -1.49. The molecule has 0 bridgehead atoms. The summed E-state index contributed by atoms with van der Waals surface area (Å²) in [4.78, 5) is 14.0. The molecule has 0 aliphatic carbocycles. The monoisotopic (exact) mass is 304 g/mol. The van der Waals surface area contributed by atoms with E-state index in [0.717, 1.165) is 40.7 Å². The predicted molar refractivity (Wildman–Crippen MR) is 90.1 cm³/mol. The van der Waals surface area contributed by atoms with Crippen molar-refractivity contribution >= 4 is 17.2 Å². The zero-order chi connectivity index (χ0) is 15.6. The molecule has 1 N–H and O–H groups in total. The summed E-state index contributed by atoms with van der Waals surface area (Å²) < 4.78 is 0. The van der Waals surface area contributed by atoms with Gasteiger partial charge in [-0.15, -0.1) is 11.3 Å². The predicted octanol–water partition coefficient (Wildman–Crippen LogP) is 4.34. The van der Waals surface area contributed by atoms with E-state index in [9.17, 15) is 0 Å². The molecule has 0 spiro atoms. The van der Waals surface area contributed by atoms with Crippen LogP contribution < -0.4 is 5.32 Å². The van der Waals surface area contributed by atoms with E-state index in [0.29, 0.717) is 5.82 Å². The number of nitrogens with zero attached hydrogens (tertiary/aromatic N) is 3. The quantitative estimate of drug-likeness (QED) is 0.913. The van der Waals surface area contributed by atoms with Crippen LogP contribution in [0.4, 0.5) is 5.82 Å². The third kappa shape index (κ3) is 3.59. The molecule has 0 unspecified atom stereocenters. The number of nitrogens with one attached hydrogen (secondary N) is 1. The van der Waals surface area contributed by atoms with Crippen molar-refractivity contribution in [2.75, 3.05) is 11.9 Å². The van der Waals surface area contributed by atoms with Gasteiger partial charge in [-0.25, -0.2) is 15.0 Å². The highest BCUT2D eigenvalue weighted by molar-refractivity contribution is 7.10. The fraction of sp³-hybridized carbons (Fsp3) is 0.562. The second kappa shape index (κ2) is 6.10. The molecule has 21 heavy (non-hydrogen) atoms. The van der Waals surface area contributed by atoms with Gasteiger partial charge in [-0.05, 0) is 20.3 Å². The molecule has 0 fully saturated rings. The van der Waals surface area contributed by atoms with Crippen molar-refractivity contribution in [3.8, 4) is 11.5 Å². The largest absolute Gasteiger partial charge is 0.370 e. The van der Waals surface area contributed by atoms with E-state index in [1.54, 1.807) is 11.3 Å². The third-order valence-electron chi connectivity index (χ3n) is 3.31. The molecule has 0 radical (unpaired) electrons. The second-order valence-corrected chi connectivity index (χ2v) is 7.18. The molecule has 0 aliphatic heterocycles. The van der Waals surface area contributed by atoms with Gasteiger partial charge >= 0.3 is 0 Å². The fourth-order valence-corrected chi connectivity index (χ4v) is 2.77. The molecule has 2 aromatic rings. The first-order valence-corrected chi connectivity index (χ1v) is 8.26. The maximum Gasteiger partial charge on any atom is 0.181 e. The minimum Gasteiger partial charge on any atom is -0.370 e. The lowest BCUT2D eigenvalue weighted by atomic mass is 9.98. The molecule has 0 aliphatic rings. The molecule has 4 nitrogen and oxygen atoms in total. The molecular weight excluding hydrogens is 280 g/mol.